The molecule has 0 aromatic carbocycles. The van der Waals surface area contributed by atoms with Gasteiger partial charge in [0.15, 0.2) is 0 Å². The zero-order valence-electron chi connectivity index (χ0n) is 25.7. The van der Waals surface area contributed by atoms with E-state index < -0.39 is 6.16 Å². The Morgan fingerprint density at radius 1 is 0.459 bits per heavy atom. The van der Waals surface area contributed by atoms with E-state index in [2.05, 4.69) is 98.8 Å². The second-order valence-electron chi connectivity index (χ2n) is 10.5. The highest BCUT2D eigenvalue weighted by atomic mass is 17.0. The summed E-state index contributed by atoms with van der Waals surface area (Å²) >= 11 is 0. The molecule has 0 saturated heterocycles. The van der Waals surface area contributed by atoms with Crippen molar-refractivity contribution in [3.8, 4) is 0 Å². The molecule has 0 aliphatic carbocycles. The molecule has 0 saturated carbocycles. The lowest BCUT2D eigenvalue weighted by Gasteiger charge is -2.31. The van der Waals surface area contributed by atoms with Crippen LogP contribution in [0.3, 0.4) is 0 Å². The van der Waals surface area contributed by atoms with Crippen molar-refractivity contribution in [1.29, 1.82) is 0 Å². The summed E-state index contributed by atoms with van der Waals surface area (Å²) in [6, 6.07) is 0. The third-order valence-corrected chi connectivity index (χ3v) is 5.67. The van der Waals surface area contributed by atoms with Crippen molar-refractivity contribution in [3.63, 3.8) is 0 Å². The summed E-state index contributed by atoms with van der Waals surface area (Å²) < 4.78 is 24.3. The highest BCUT2D eigenvalue weighted by Gasteiger charge is 2.34. The molecule has 0 aliphatic heterocycles. The first-order valence-electron chi connectivity index (χ1n) is 13.9. The maximum Gasteiger partial charge on any atom is 0.413 e. The van der Waals surface area contributed by atoms with Crippen molar-refractivity contribution in [3.05, 3.63) is 69.9 Å². The summed E-state index contributed by atoms with van der Waals surface area (Å²) in [6.45, 7) is 22.5. The standard InChI is InChI=1S/C33H56O4/c1-11-34-33(35-24-21-30(8)18-12-15-27(2)3,36-25-22-31(9)19-13-16-28(4)5)37-26-23-32(10)20-14-17-29(6)7/h15-17,21-23H,11-14,18-20,24-26H2,1-10H3/b30-21+,31-22+,32-23+. The van der Waals surface area contributed by atoms with Gasteiger partial charge < -0.3 is 4.74 Å². The van der Waals surface area contributed by atoms with Crippen LogP contribution in [0.4, 0.5) is 0 Å². The molecule has 212 valence electrons. The van der Waals surface area contributed by atoms with E-state index in [-0.39, 0.29) is 0 Å². The van der Waals surface area contributed by atoms with E-state index in [0.29, 0.717) is 26.4 Å². The monoisotopic (exact) mass is 516 g/mol. The van der Waals surface area contributed by atoms with Crippen LogP contribution < -0.4 is 0 Å². The average Bonchev–Trinajstić information content (AvgIpc) is 2.78. The predicted octanol–water partition coefficient (Wildman–Crippen LogP) is 9.76. The van der Waals surface area contributed by atoms with Crippen molar-refractivity contribution in [2.75, 3.05) is 26.4 Å². The van der Waals surface area contributed by atoms with Gasteiger partial charge in [-0.3, -0.25) is 14.2 Å². The second kappa shape index (κ2) is 21.2. The number of hydrogen-bond donors (Lipinski definition) is 0. The first-order chi connectivity index (χ1) is 17.5. The van der Waals surface area contributed by atoms with Gasteiger partial charge in [0.05, 0.1) is 26.4 Å². The van der Waals surface area contributed by atoms with E-state index in [0.717, 1.165) is 38.5 Å². The van der Waals surface area contributed by atoms with Gasteiger partial charge in [-0.15, -0.1) is 0 Å². The van der Waals surface area contributed by atoms with Crippen LogP contribution in [-0.4, -0.2) is 32.6 Å². The van der Waals surface area contributed by atoms with Crippen LogP contribution in [0.2, 0.25) is 0 Å². The van der Waals surface area contributed by atoms with E-state index >= 15 is 0 Å². The second-order valence-corrected chi connectivity index (χ2v) is 10.5. The zero-order chi connectivity index (χ0) is 28.1. The number of hydrogen-bond acceptors (Lipinski definition) is 4. The zero-order valence-corrected chi connectivity index (χ0v) is 25.7. The molecule has 0 aliphatic rings. The molecule has 0 bridgehead atoms. The first-order valence-corrected chi connectivity index (χ1v) is 13.9. The van der Waals surface area contributed by atoms with Crippen LogP contribution in [0.5, 0.6) is 0 Å². The SMILES string of the molecule is CCOC(OC/C=C(\C)CCC=C(C)C)(OC/C=C(\C)CCC=C(C)C)OC/C=C(\C)CCC=C(C)C. The average molecular weight is 517 g/mol. The maximum absolute atomic E-state index is 6.12. The largest absolute Gasteiger partial charge is 0.413 e. The van der Waals surface area contributed by atoms with E-state index in [4.69, 9.17) is 18.9 Å². The molecule has 0 rings (SSSR count). The molecule has 0 heterocycles. The summed E-state index contributed by atoms with van der Waals surface area (Å²) in [5, 5.41) is 0. The Kier molecular flexibility index (Phi) is 20.3. The lowest BCUT2D eigenvalue weighted by Crippen LogP contribution is -2.42. The third-order valence-electron chi connectivity index (χ3n) is 5.67. The van der Waals surface area contributed by atoms with Gasteiger partial charge in [0.25, 0.3) is 0 Å². The van der Waals surface area contributed by atoms with Gasteiger partial charge in [-0.05, 0) is 108 Å². The molecule has 0 spiro atoms. The van der Waals surface area contributed by atoms with E-state index in [1.165, 1.54) is 33.4 Å². The first kappa shape index (κ1) is 35.3. The molecule has 0 aromatic rings. The van der Waals surface area contributed by atoms with Gasteiger partial charge in [-0.25, -0.2) is 0 Å². The molecule has 0 unspecified atom stereocenters. The van der Waals surface area contributed by atoms with E-state index in [1.54, 1.807) is 0 Å². The summed E-state index contributed by atoms with van der Waals surface area (Å²) in [6.07, 6.45) is 17.6. The van der Waals surface area contributed by atoms with Crippen molar-refractivity contribution >= 4 is 0 Å². The lowest BCUT2D eigenvalue weighted by atomic mass is 10.1. The van der Waals surface area contributed by atoms with Crippen LogP contribution in [0, 0.1) is 0 Å². The minimum Gasteiger partial charge on any atom is -0.304 e. The highest BCUT2D eigenvalue weighted by molar-refractivity contribution is 5.04. The smallest absolute Gasteiger partial charge is 0.304 e. The Morgan fingerprint density at radius 2 is 0.757 bits per heavy atom. The topological polar surface area (TPSA) is 36.9 Å². The summed E-state index contributed by atoms with van der Waals surface area (Å²) in [5.74, 6) is 0. The van der Waals surface area contributed by atoms with Gasteiger partial charge in [-0.1, -0.05) is 69.9 Å². The molecule has 4 nitrogen and oxygen atoms in total. The number of ether oxygens (including phenoxy) is 4. The van der Waals surface area contributed by atoms with Crippen LogP contribution in [0.15, 0.2) is 69.9 Å². The van der Waals surface area contributed by atoms with Crippen molar-refractivity contribution in [2.24, 2.45) is 0 Å². The van der Waals surface area contributed by atoms with Crippen molar-refractivity contribution in [1.82, 2.24) is 0 Å². The quantitative estimate of drug-likeness (QED) is 0.119. The fraction of sp³-hybridized carbons (Fsp3) is 0.636. The maximum atomic E-state index is 6.12. The Hall–Kier alpha value is -1.72. The number of allylic oxidation sites excluding steroid dienone is 9. The summed E-state index contributed by atoms with van der Waals surface area (Å²) in [7, 11) is 0. The Balaban J connectivity index is 5.34. The number of rotatable bonds is 20. The highest BCUT2D eigenvalue weighted by Crippen LogP contribution is 2.20. The van der Waals surface area contributed by atoms with Gasteiger partial charge >= 0.3 is 6.16 Å². The normalized spacial score (nSPS) is 13.0. The minimum absolute atomic E-state index is 0.354. The Morgan fingerprint density at radius 3 is 1.00 bits per heavy atom. The van der Waals surface area contributed by atoms with Gasteiger partial charge in [0.2, 0.25) is 0 Å². The molecule has 0 fully saturated rings. The molecular formula is C33H56O4. The van der Waals surface area contributed by atoms with Gasteiger partial charge in [0, 0.05) is 0 Å². The van der Waals surface area contributed by atoms with Crippen LogP contribution in [0.1, 0.15) is 108 Å². The van der Waals surface area contributed by atoms with E-state index in [1.807, 2.05) is 6.92 Å². The molecule has 0 N–H and O–H groups in total. The molecule has 37 heavy (non-hydrogen) atoms. The minimum atomic E-state index is -1.54. The van der Waals surface area contributed by atoms with Crippen molar-refractivity contribution in [2.45, 2.75) is 114 Å². The summed E-state index contributed by atoms with van der Waals surface area (Å²) in [5.41, 5.74) is 7.84. The lowest BCUT2D eigenvalue weighted by molar-refractivity contribution is -0.491. The van der Waals surface area contributed by atoms with Crippen LogP contribution in [0.25, 0.3) is 0 Å². The van der Waals surface area contributed by atoms with E-state index in [9.17, 15) is 0 Å². The molecule has 0 atom stereocenters. The fourth-order valence-corrected chi connectivity index (χ4v) is 3.36. The molecule has 0 radical (unpaired) electrons. The third kappa shape index (κ3) is 21.0. The van der Waals surface area contributed by atoms with Gasteiger partial charge in [-0.2, -0.15) is 0 Å². The van der Waals surface area contributed by atoms with Crippen LogP contribution >= 0.6 is 0 Å². The molecular weight excluding hydrogens is 460 g/mol. The predicted molar refractivity (Wildman–Crippen MR) is 159 cm³/mol. The van der Waals surface area contributed by atoms with Crippen LogP contribution in [-0.2, 0) is 18.9 Å². The fourth-order valence-electron chi connectivity index (χ4n) is 3.36. The Labute approximate surface area is 229 Å². The molecule has 4 heteroatoms. The summed E-state index contributed by atoms with van der Waals surface area (Å²) in [4.78, 5) is 0. The van der Waals surface area contributed by atoms with Gasteiger partial charge in [0.1, 0.15) is 0 Å². The molecule has 0 amide bonds. The molecule has 0 aromatic heterocycles. The Bertz CT molecular complexity index is 694. The van der Waals surface area contributed by atoms with Crippen molar-refractivity contribution < 1.29 is 18.9 Å².